The first kappa shape index (κ1) is 7.84. The molecule has 2 heteroatoms. The molecule has 0 spiro atoms. The van der Waals surface area contributed by atoms with Gasteiger partial charge in [0.05, 0.1) is 5.92 Å². The van der Waals surface area contributed by atoms with E-state index < -0.39 is 0 Å². The van der Waals surface area contributed by atoms with Gasteiger partial charge in [0.15, 0.2) is 0 Å². The highest BCUT2D eigenvalue weighted by atomic mass is 16.6. The molecule has 13 heavy (non-hydrogen) atoms. The van der Waals surface area contributed by atoms with Crippen LogP contribution in [0.4, 0.5) is 0 Å². The second kappa shape index (κ2) is 1.79. The molecule has 5 unspecified atom stereocenters. The second-order valence-corrected chi connectivity index (χ2v) is 5.52. The maximum Gasteiger partial charge on any atom is 0.310 e. The molecule has 0 radical (unpaired) electrons. The van der Waals surface area contributed by atoms with E-state index in [1.807, 2.05) is 0 Å². The van der Waals surface area contributed by atoms with Crippen LogP contribution < -0.4 is 0 Å². The zero-order valence-electron chi connectivity index (χ0n) is 8.46. The normalized spacial score (nSPS) is 63.0. The highest BCUT2D eigenvalue weighted by molar-refractivity contribution is 5.77. The number of ether oxygens (including phenoxy) is 1. The van der Waals surface area contributed by atoms with E-state index in [-0.39, 0.29) is 22.9 Å². The Kier molecular flexibility index (Phi) is 1.08. The van der Waals surface area contributed by atoms with Crippen molar-refractivity contribution in [2.45, 2.75) is 39.2 Å². The Morgan fingerprint density at radius 2 is 2.15 bits per heavy atom. The van der Waals surface area contributed by atoms with Crippen LogP contribution in [0.1, 0.15) is 33.6 Å². The van der Waals surface area contributed by atoms with Gasteiger partial charge in [-0.3, -0.25) is 4.79 Å². The Labute approximate surface area is 78.6 Å². The average Bonchev–Trinajstić information content (AvgIpc) is 2.45. The van der Waals surface area contributed by atoms with Gasteiger partial charge in [-0.15, -0.1) is 0 Å². The molecule has 2 heterocycles. The van der Waals surface area contributed by atoms with Crippen LogP contribution in [0.15, 0.2) is 0 Å². The fraction of sp³-hybridized carbons (Fsp3) is 0.909. The topological polar surface area (TPSA) is 26.3 Å². The predicted molar refractivity (Wildman–Crippen MR) is 48.0 cm³/mol. The molecule has 4 rings (SSSR count). The van der Waals surface area contributed by atoms with Crippen molar-refractivity contribution in [1.82, 2.24) is 0 Å². The van der Waals surface area contributed by atoms with Gasteiger partial charge in [-0.2, -0.15) is 0 Å². The first-order chi connectivity index (χ1) is 5.98. The molecule has 0 N–H and O–H groups in total. The maximum absolute atomic E-state index is 11.6. The summed E-state index contributed by atoms with van der Waals surface area (Å²) >= 11 is 0. The van der Waals surface area contributed by atoms with Crippen molar-refractivity contribution in [3.63, 3.8) is 0 Å². The van der Waals surface area contributed by atoms with E-state index in [1.165, 1.54) is 6.42 Å². The van der Waals surface area contributed by atoms with Crippen LogP contribution in [0.3, 0.4) is 0 Å². The second-order valence-electron chi connectivity index (χ2n) is 5.52. The molecule has 5 atom stereocenters. The van der Waals surface area contributed by atoms with Crippen LogP contribution in [0.5, 0.6) is 0 Å². The van der Waals surface area contributed by atoms with Gasteiger partial charge in [-0.25, -0.2) is 0 Å². The van der Waals surface area contributed by atoms with Crippen molar-refractivity contribution < 1.29 is 9.53 Å². The number of carbonyl (C=O) groups excluding carboxylic acids is 1. The largest absolute Gasteiger partial charge is 0.459 e. The fourth-order valence-corrected chi connectivity index (χ4v) is 4.06. The van der Waals surface area contributed by atoms with Crippen LogP contribution in [0.25, 0.3) is 0 Å². The molecule has 0 aromatic carbocycles. The van der Waals surface area contributed by atoms with Gasteiger partial charge >= 0.3 is 5.97 Å². The Morgan fingerprint density at radius 1 is 1.46 bits per heavy atom. The van der Waals surface area contributed by atoms with E-state index >= 15 is 0 Å². The zero-order valence-corrected chi connectivity index (χ0v) is 8.46. The van der Waals surface area contributed by atoms with Crippen molar-refractivity contribution >= 4 is 5.97 Å². The van der Waals surface area contributed by atoms with E-state index in [0.717, 1.165) is 6.42 Å². The number of esters is 1. The molecule has 2 aliphatic heterocycles. The minimum Gasteiger partial charge on any atom is -0.459 e. The van der Waals surface area contributed by atoms with Crippen LogP contribution in [0.2, 0.25) is 0 Å². The van der Waals surface area contributed by atoms with Gasteiger partial charge in [-0.1, -0.05) is 13.8 Å². The first-order valence-electron chi connectivity index (χ1n) is 5.21. The molecule has 4 bridgehead atoms. The lowest BCUT2D eigenvalue weighted by molar-refractivity contribution is -0.207. The van der Waals surface area contributed by atoms with Crippen molar-refractivity contribution in [2.75, 3.05) is 0 Å². The summed E-state index contributed by atoms with van der Waals surface area (Å²) < 4.78 is 5.57. The Balaban J connectivity index is 2.17. The summed E-state index contributed by atoms with van der Waals surface area (Å²) in [6.45, 7) is 6.65. The quantitative estimate of drug-likeness (QED) is 0.533. The molecule has 0 aromatic rings. The third-order valence-corrected chi connectivity index (χ3v) is 5.27. The number of carbonyl (C=O) groups is 1. The van der Waals surface area contributed by atoms with E-state index in [1.54, 1.807) is 0 Å². The summed E-state index contributed by atoms with van der Waals surface area (Å²) in [7, 11) is 0. The molecule has 0 amide bonds. The Bertz CT molecular complexity index is 294. The molecule has 2 aliphatic carbocycles. The van der Waals surface area contributed by atoms with Crippen molar-refractivity contribution in [3.8, 4) is 0 Å². The van der Waals surface area contributed by atoms with Gasteiger partial charge in [0.2, 0.25) is 0 Å². The molecule has 2 nitrogen and oxygen atoms in total. The number of rotatable bonds is 0. The summed E-state index contributed by atoms with van der Waals surface area (Å²) in [5.74, 6) is 1.45. The number of hydrogen-bond acceptors (Lipinski definition) is 2. The van der Waals surface area contributed by atoms with Gasteiger partial charge in [0, 0.05) is 11.8 Å². The van der Waals surface area contributed by atoms with Gasteiger partial charge < -0.3 is 4.74 Å². The summed E-state index contributed by atoms with van der Waals surface area (Å²) in [6, 6.07) is 0. The summed E-state index contributed by atoms with van der Waals surface area (Å²) in [5, 5.41) is 0. The lowest BCUT2D eigenvalue weighted by Gasteiger charge is -2.51. The third kappa shape index (κ3) is 0.598. The van der Waals surface area contributed by atoms with E-state index in [4.69, 9.17) is 4.74 Å². The summed E-state index contributed by atoms with van der Waals surface area (Å²) in [4.78, 5) is 11.6. The lowest BCUT2D eigenvalue weighted by Crippen LogP contribution is -2.56. The van der Waals surface area contributed by atoms with Gasteiger partial charge in [0.1, 0.15) is 5.60 Å². The van der Waals surface area contributed by atoms with Crippen molar-refractivity contribution in [2.24, 2.45) is 23.2 Å². The minimum atomic E-state index is -0.138. The lowest BCUT2D eigenvalue weighted by atomic mass is 9.62. The minimum absolute atomic E-state index is 0.0665. The molecule has 2 saturated heterocycles. The van der Waals surface area contributed by atoms with Crippen molar-refractivity contribution in [1.29, 1.82) is 0 Å². The van der Waals surface area contributed by atoms with Gasteiger partial charge in [-0.05, 0) is 25.2 Å². The number of hydrogen-bond donors (Lipinski definition) is 0. The first-order valence-corrected chi connectivity index (χ1v) is 5.21. The summed E-state index contributed by atoms with van der Waals surface area (Å²) in [5.41, 5.74) is 0.106. The Morgan fingerprint density at radius 3 is 2.69 bits per heavy atom. The van der Waals surface area contributed by atoms with E-state index in [2.05, 4.69) is 20.8 Å². The average molecular weight is 180 g/mol. The van der Waals surface area contributed by atoms with E-state index in [0.29, 0.717) is 11.8 Å². The SMILES string of the molecule is CC1C2(C)CC3CC2C(=O)OC31C. The van der Waals surface area contributed by atoms with Crippen molar-refractivity contribution in [3.05, 3.63) is 0 Å². The predicted octanol–water partition coefficient (Wildman–Crippen LogP) is 1.98. The molecular formula is C11H16O2. The molecular weight excluding hydrogens is 164 g/mol. The van der Waals surface area contributed by atoms with Gasteiger partial charge in [0.25, 0.3) is 0 Å². The molecule has 0 aromatic heterocycles. The number of fused-ring (bicyclic) bond motifs is 1. The highest BCUT2D eigenvalue weighted by Crippen LogP contribution is 2.69. The standard InChI is InChI=1S/C11H16O2/c1-6-10(2)5-7-4-8(10)9(12)13-11(6,7)3/h6-8H,4-5H2,1-3H3. The van der Waals surface area contributed by atoms with Crippen LogP contribution in [0, 0.1) is 23.2 Å². The smallest absolute Gasteiger partial charge is 0.310 e. The fourth-order valence-electron chi connectivity index (χ4n) is 4.06. The zero-order chi connectivity index (χ0) is 9.43. The Hall–Kier alpha value is -0.530. The molecule has 4 aliphatic rings. The van der Waals surface area contributed by atoms with Crippen LogP contribution in [-0.2, 0) is 9.53 Å². The molecule has 4 fully saturated rings. The van der Waals surface area contributed by atoms with Crippen LogP contribution in [-0.4, -0.2) is 11.6 Å². The van der Waals surface area contributed by atoms with E-state index in [9.17, 15) is 4.79 Å². The maximum atomic E-state index is 11.6. The molecule has 72 valence electrons. The highest BCUT2D eigenvalue weighted by Gasteiger charge is 2.71. The third-order valence-electron chi connectivity index (χ3n) is 5.27. The monoisotopic (exact) mass is 180 g/mol. The van der Waals surface area contributed by atoms with Crippen LogP contribution >= 0.6 is 0 Å². The summed E-state index contributed by atoms with van der Waals surface area (Å²) in [6.07, 6.45) is 2.28. The molecule has 2 saturated carbocycles.